The Morgan fingerprint density at radius 1 is 0.929 bits per heavy atom. The van der Waals surface area contributed by atoms with Crippen molar-refractivity contribution in [1.82, 2.24) is 0 Å². The summed E-state index contributed by atoms with van der Waals surface area (Å²) in [6.45, 7) is 0. The molecule has 0 aliphatic rings. The molecular weight excluding hydrogens is 266 g/mol. The van der Waals surface area contributed by atoms with Crippen LogP contribution in [0.4, 0.5) is 0 Å². The summed E-state index contributed by atoms with van der Waals surface area (Å²) in [5, 5.41) is 16.9. The molecule has 0 aromatic heterocycles. The summed E-state index contributed by atoms with van der Waals surface area (Å²) in [6, 6.07) is 5.02. The Hall–Kier alpha value is 0.0431. The summed E-state index contributed by atoms with van der Waals surface area (Å²) >= 11 is 0. The molecule has 0 bridgehead atoms. The van der Waals surface area contributed by atoms with Crippen molar-refractivity contribution < 1.29 is 42.1 Å². The molecule has 0 unspecified atom stereocenters. The van der Waals surface area contributed by atoms with Gasteiger partial charge in [0.15, 0.2) is 0 Å². The molecule has 0 heterocycles. The standard InChI is InChI=1S/C8H6O4.Ca.Zn.2H/c9-7(10)5-1-2-6(4-3-5)8(11)12;;;;/h1-4H,(H,9,10)(H,11,12);;;;/q;+2;;2*-1. The first-order valence-corrected chi connectivity index (χ1v) is 3.18. The summed E-state index contributed by atoms with van der Waals surface area (Å²) in [4.78, 5) is 20.7. The van der Waals surface area contributed by atoms with Crippen molar-refractivity contribution in [1.29, 1.82) is 0 Å². The van der Waals surface area contributed by atoms with E-state index >= 15 is 0 Å². The summed E-state index contributed by atoms with van der Waals surface area (Å²) in [7, 11) is 0. The summed E-state index contributed by atoms with van der Waals surface area (Å²) < 4.78 is 0. The maximum Gasteiger partial charge on any atom is 2.00 e. The van der Waals surface area contributed by atoms with E-state index in [2.05, 4.69) is 0 Å². The van der Waals surface area contributed by atoms with Gasteiger partial charge in [-0.05, 0) is 24.3 Å². The minimum absolute atomic E-state index is 0. The molecule has 0 aliphatic heterocycles. The van der Waals surface area contributed by atoms with Crippen LogP contribution in [0.5, 0.6) is 0 Å². The van der Waals surface area contributed by atoms with Gasteiger partial charge in [-0.25, -0.2) is 9.59 Å². The maximum absolute atomic E-state index is 10.3. The van der Waals surface area contributed by atoms with Gasteiger partial charge in [0, 0.05) is 19.5 Å². The fourth-order valence-corrected chi connectivity index (χ4v) is 0.755. The molecule has 1 aromatic carbocycles. The number of carbonyl (C=O) groups is 2. The van der Waals surface area contributed by atoms with Crippen LogP contribution in [0.25, 0.3) is 0 Å². The van der Waals surface area contributed by atoms with E-state index < -0.39 is 11.9 Å². The van der Waals surface area contributed by atoms with Crippen molar-refractivity contribution in [2.75, 3.05) is 0 Å². The first-order chi connectivity index (χ1) is 5.61. The largest absolute Gasteiger partial charge is 2.00 e. The SMILES string of the molecule is O=C(O)c1ccc(C(=O)O)cc1.[Ca+2].[H-].[H-].[Zn]. The molecule has 0 amide bonds. The normalized spacial score (nSPS) is 8.00. The first-order valence-electron chi connectivity index (χ1n) is 3.18. The number of benzene rings is 1. The zero-order valence-corrected chi connectivity index (χ0v) is 12.6. The second-order valence-corrected chi connectivity index (χ2v) is 2.19. The van der Waals surface area contributed by atoms with E-state index in [1.54, 1.807) is 0 Å². The van der Waals surface area contributed by atoms with Gasteiger partial charge in [-0.1, -0.05) is 0 Å². The average Bonchev–Trinajstić information content (AvgIpc) is 2.04. The molecule has 14 heavy (non-hydrogen) atoms. The molecule has 0 fully saturated rings. The molecule has 0 radical (unpaired) electrons. The molecule has 1 rings (SSSR count). The zero-order valence-electron chi connectivity index (χ0n) is 9.43. The Balaban J connectivity index is -0.000000180. The molecular formula is C8H8CaO4Zn. The van der Waals surface area contributed by atoms with Crippen LogP contribution in [0.1, 0.15) is 23.6 Å². The van der Waals surface area contributed by atoms with Gasteiger partial charge in [-0.3, -0.25) is 0 Å². The van der Waals surface area contributed by atoms with E-state index in [1.807, 2.05) is 0 Å². The minimum atomic E-state index is -1.06. The third-order valence-electron chi connectivity index (χ3n) is 1.38. The minimum Gasteiger partial charge on any atom is -1.00 e. The Morgan fingerprint density at radius 2 is 1.14 bits per heavy atom. The van der Waals surface area contributed by atoms with Gasteiger partial charge in [-0.2, -0.15) is 0 Å². The molecule has 6 heteroatoms. The fourth-order valence-electron chi connectivity index (χ4n) is 0.755. The molecule has 0 saturated heterocycles. The van der Waals surface area contributed by atoms with E-state index in [0.29, 0.717) is 0 Å². The van der Waals surface area contributed by atoms with Crippen molar-refractivity contribution in [3.05, 3.63) is 35.4 Å². The predicted octanol–water partition coefficient (Wildman–Crippen LogP) is 0.925. The molecule has 0 atom stereocenters. The summed E-state index contributed by atoms with van der Waals surface area (Å²) in [5.41, 5.74) is 0.167. The summed E-state index contributed by atoms with van der Waals surface area (Å²) in [5.74, 6) is -2.13. The van der Waals surface area contributed by atoms with Gasteiger partial charge in [0.25, 0.3) is 0 Å². The van der Waals surface area contributed by atoms with E-state index in [4.69, 9.17) is 10.2 Å². The van der Waals surface area contributed by atoms with Gasteiger partial charge in [0.2, 0.25) is 0 Å². The van der Waals surface area contributed by atoms with Crippen molar-refractivity contribution in [3.8, 4) is 0 Å². The Bertz CT molecular complexity index is 298. The topological polar surface area (TPSA) is 74.6 Å². The smallest absolute Gasteiger partial charge is 1.00 e. The van der Waals surface area contributed by atoms with E-state index in [9.17, 15) is 9.59 Å². The van der Waals surface area contributed by atoms with E-state index in [0.717, 1.165) is 0 Å². The fraction of sp³-hybridized carbons (Fsp3) is 0. The molecule has 4 nitrogen and oxygen atoms in total. The van der Waals surface area contributed by atoms with Crippen LogP contribution in [0.15, 0.2) is 24.3 Å². The van der Waals surface area contributed by atoms with Crippen molar-refractivity contribution in [3.63, 3.8) is 0 Å². The zero-order chi connectivity index (χ0) is 9.14. The van der Waals surface area contributed by atoms with Crippen LogP contribution >= 0.6 is 0 Å². The second kappa shape index (κ2) is 7.35. The second-order valence-electron chi connectivity index (χ2n) is 2.19. The van der Waals surface area contributed by atoms with Crippen LogP contribution in [0, 0.1) is 0 Å². The third kappa shape index (κ3) is 4.51. The number of rotatable bonds is 2. The molecule has 0 saturated carbocycles. The molecule has 2 N–H and O–H groups in total. The van der Waals surface area contributed by atoms with Crippen molar-refractivity contribution in [2.45, 2.75) is 0 Å². The van der Waals surface area contributed by atoms with Gasteiger partial charge >= 0.3 is 49.7 Å². The van der Waals surface area contributed by atoms with Gasteiger partial charge in [0.05, 0.1) is 11.1 Å². The van der Waals surface area contributed by atoms with Gasteiger partial charge in [0.1, 0.15) is 0 Å². The Labute approximate surface area is 126 Å². The predicted molar refractivity (Wildman–Crippen MR) is 48.3 cm³/mol. The number of aromatic carboxylic acids is 2. The third-order valence-corrected chi connectivity index (χ3v) is 1.38. The molecule has 1 aromatic rings. The monoisotopic (exact) mass is 272 g/mol. The molecule has 0 aliphatic carbocycles. The average molecular weight is 274 g/mol. The number of hydrogen-bond donors (Lipinski definition) is 2. The van der Waals surface area contributed by atoms with Gasteiger partial charge < -0.3 is 13.1 Å². The van der Waals surface area contributed by atoms with Crippen LogP contribution in [-0.2, 0) is 19.5 Å². The molecule has 68 valence electrons. The number of carboxylic acid groups (broad SMARTS) is 2. The van der Waals surface area contributed by atoms with Crippen LogP contribution in [0.2, 0.25) is 0 Å². The van der Waals surface area contributed by atoms with E-state index in [1.165, 1.54) is 24.3 Å². The van der Waals surface area contributed by atoms with Crippen molar-refractivity contribution >= 4 is 49.7 Å². The van der Waals surface area contributed by atoms with Crippen LogP contribution < -0.4 is 0 Å². The first kappa shape index (κ1) is 16.5. The number of carboxylic acids is 2. The molecule has 0 spiro atoms. The summed E-state index contributed by atoms with van der Waals surface area (Å²) in [6.07, 6.45) is 0. The number of hydrogen-bond acceptors (Lipinski definition) is 2. The van der Waals surface area contributed by atoms with Crippen LogP contribution in [-0.4, -0.2) is 59.9 Å². The van der Waals surface area contributed by atoms with E-state index in [-0.39, 0.29) is 71.2 Å². The Kier molecular flexibility index (Phi) is 8.65. The van der Waals surface area contributed by atoms with Gasteiger partial charge in [-0.15, -0.1) is 0 Å². The quantitative estimate of drug-likeness (QED) is 0.786. The maximum atomic E-state index is 10.3. The Morgan fingerprint density at radius 3 is 1.29 bits per heavy atom. The van der Waals surface area contributed by atoms with Crippen molar-refractivity contribution in [2.24, 2.45) is 0 Å². The van der Waals surface area contributed by atoms with Crippen LogP contribution in [0.3, 0.4) is 0 Å².